The molecule has 2 rings (SSSR count). The molecular formula is C18H27N3S. The molecule has 0 unspecified atom stereocenters. The molecule has 120 valence electrons. The quantitative estimate of drug-likeness (QED) is 0.608. The normalized spacial score (nSPS) is 22.4. The Labute approximate surface area is 139 Å². The molecule has 1 atom stereocenters. The molecule has 22 heavy (non-hydrogen) atoms. The van der Waals surface area contributed by atoms with Crippen LogP contribution < -0.4 is 10.7 Å². The van der Waals surface area contributed by atoms with E-state index in [1.54, 1.807) is 0 Å². The number of anilines is 1. The van der Waals surface area contributed by atoms with E-state index < -0.39 is 0 Å². The van der Waals surface area contributed by atoms with Crippen LogP contribution in [0.1, 0.15) is 51.2 Å². The van der Waals surface area contributed by atoms with Crippen molar-refractivity contribution >= 4 is 28.7 Å². The third-order valence-electron chi connectivity index (χ3n) is 4.20. The highest BCUT2D eigenvalue weighted by Crippen LogP contribution is 2.36. The molecule has 0 radical (unpaired) electrons. The standard InChI is InChI=1S/C18H27N3S/c1-12-9-15(11-18(4,5)10-12)20-21-17(22)19-16-13(2)7-6-8-14(16)3/h6-8,12H,9-11H2,1-5H3,(H2,19,21,22)/b20-15-/t12-/m0/s1. The zero-order valence-electron chi connectivity index (χ0n) is 14.3. The highest BCUT2D eigenvalue weighted by molar-refractivity contribution is 7.80. The topological polar surface area (TPSA) is 36.4 Å². The Morgan fingerprint density at radius 2 is 1.91 bits per heavy atom. The van der Waals surface area contributed by atoms with Crippen LogP contribution in [0.15, 0.2) is 23.3 Å². The SMILES string of the molecule is Cc1cccc(C)c1NC(=S)N/N=C1/C[C@H](C)CC(C)(C)C1. The van der Waals surface area contributed by atoms with Crippen LogP contribution in [0.25, 0.3) is 0 Å². The molecule has 3 nitrogen and oxygen atoms in total. The Morgan fingerprint density at radius 1 is 1.27 bits per heavy atom. The largest absolute Gasteiger partial charge is 0.331 e. The lowest BCUT2D eigenvalue weighted by Crippen LogP contribution is -2.31. The number of hydrogen-bond donors (Lipinski definition) is 2. The number of aryl methyl sites for hydroxylation is 2. The van der Waals surface area contributed by atoms with E-state index in [-0.39, 0.29) is 0 Å². The Bertz CT molecular complexity index is 570. The molecule has 2 N–H and O–H groups in total. The third kappa shape index (κ3) is 4.54. The van der Waals surface area contributed by atoms with E-state index in [0.29, 0.717) is 16.4 Å². The van der Waals surface area contributed by atoms with Gasteiger partial charge in [-0.3, -0.25) is 5.43 Å². The number of nitrogens with zero attached hydrogens (tertiary/aromatic N) is 1. The van der Waals surface area contributed by atoms with Crippen LogP contribution >= 0.6 is 12.2 Å². The molecule has 0 saturated heterocycles. The number of nitrogens with one attached hydrogen (secondary N) is 2. The summed E-state index contributed by atoms with van der Waals surface area (Å²) in [5.41, 5.74) is 8.01. The third-order valence-corrected chi connectivity index (χ3v) is 4.40. The van der Waals surface area contributed by atoms with E-state index in [9.17, 15) is 0 Å². The van der Waals surface area contributed by atoms with Gasteiger partial charge in [0, 0.05) is 11.4 Å². The average molecular weight is 318 g/mol. The fourth-order valence-electron chi connectivity index (χ4n) is 3.48. The van der Waals surface area contributed by atoms with Crippen molar-refractivity contribution in [2.75, 3.05) is 5.32 Å². The van der Waals surface area contributed by atoms with Crippen molar-refractivity contribution in [2.24, 2.45) is 16.4 Å². The van der Waals surface area contributed by atoms with Crippen LogP contribution in [0.5, 0.6) is 0 Å². The van der Waals surface area contributed by atoms with Gasteiger partial charge >= 0.3 is 0 Å². The minimum absolute atomic E-state index is 0.333. The van der Waals surface area contributed by atoms with Crippen molar-refractivity contribution in [3.8, 4) is 0 Å². The minimum atomic E-state index is 0.333. The van der Waals surface area contributed by atoms with E-state index in [1.165, 1.54) is 23.3 Å². The first-order valence-corrected chi connectivity index (χ1v) is 8.36. The van der Waals surface area contributed by atoms with Crippen molar-refractivity contribution in [1.82, 2.24) is 5.43 Å². The van der Waals surface area contributed by atoms with Gasteiger partial charge in [0.05, 0.1) is 0 Å². The maximum absolute atomic E-state index is 5.38. The molecule has 0 bridgehead atoms. The number of rotatable bonds is 2. The van der Waals surface area contributed by atoms with Gasteiger partial charge in [0.15, 0.2) is 5.11 Å². The van der Waals surface area contributed by atoms with E-state index >= 15 is 0 Å². The van der Waals surface area contributed by atoms with Gasteiger partial charge in [0.25, 0.3) is 0 Å². The number of hydrogen-bond acceptors (Lipinski definition) is 2. The first kappa shape index (κ1) is 16.9. The highest BCUT2D eigenvalue weighted by Gasteiger charge is 2.29. The highest BCUT2D eigenvalue weighted by atomic mass is 32.1. The predicted molar refractivity (Wildman–Crippen MR) is 99.5 cm³/mol. The van der Waals surface area contributed by atoms with Gasteiger partial charge in [-0.25, -0.2) is 0 Å². The summed E-state index contributed by atoms with van der Waals surface area (Å²) < 4.78 is 0. The van der Waals surface area contributed by atoms with Crippen LogP contribution in [-0.4, -0.2) is 10.8 Å². The van der Waals surface area contributed by atoms with Crippen LogP contribution in [0, 0.1) is 25.2 Å². The lowest BCUT2D eigenvalue weighted by atomic mass is 9.72. The first-order valence-electron chi connectivity index (χ1n) is 7.95. The van der Waals surface area contributed by atoms with Crippen molar-refractivity contribution < 1.29 is 0 Å². The van der Waals surface area contributed by atoms with Gasteiger partial charge < -0.3 is 5.32 Å². The summed E-state index contributed by atoms with van der Waals surface area (Å²) in [7, 11) is 0. The molecule has 1 saturated carbocycles. The number of benzene rings is 1. The summed E-state index contributed by atoms with van der Waals surface area (Å²) in [5.74, 6) is 0.685. The van der Waals surface area contributed by atoms with Gasteiger partial charge in [-0.15, -0.1) is 0 Å². The number of thiocarbonyl (C=S) groups is 1. The summed E-state index contributed by atoms with van der Waals surface area (Å²) in [6.07, 6.45) is 3.36. The molecule has 0 amide bonds. The van der Waals surface area contributed by atoms with E-state index in [0.717, 1.165) is 18.5 Å². The van der Waals surface area contributed by atoms with Gasteiger partial charge in [-0.1, -0.05) is 39.0 Å². The van der Waals surface area contributed by atoms with Crippen molar-refractivity contribution in [2.45, 2.75) is 53.9 Å². The molecular weight excluding hydrogens is 290 g/mol. The molecule has 0 aliphatic heterocycles. The monoisotopic (exact) mass is 317 g/mol. The molecule has 1 fully saturated rings. The predicted octanol–water partition coefficient (Wildman–Crippen LogP) is 4.79. The number of hydrazone groups is 1. The Balaban J connectivity index is 1.99. The summed E-state index contributed by atoms with van der Waals surface area (Å²) in [4.78, 5) is 0. The van der Waals surface area contributed by atoms with Crippen LogP contribution in [0.2, 0.25) is 0 Å². The van der Waals surface area contributed by atoms with E-state index in [1.807, 2.05) is 0 Å². The molecule has 0 spiro atoms. The molecule has 1 aromatic rings. The van der Waals surface area contributed by atoms with Gasteiger partial charge in [-0.2, -0.15) is 5.10 Å². The smallest absolute Gasteiger partial charge is 0.191 e. The Hall–Kier alpha value is -1.42. The van der Waals surface area contributed by atoms with Crippen LogP contribution in [0.3, 0.4) is 0 Å². The second-order valence-corrected chi connectivity index (χ2v) is 7.77. The van der Waals surface area contributed by atoms with Crippen molar-refractivity contribution in [1.29, 1.82) is 0 Å². The van der Waals surface area contributed by atoms with Gasteiger partial charge in [0.1, 0.15) is 0 Å². The molecule has 0 aromatic heterocycles. The van der Waals surface area contributed by atoms with Crippen molar-refractivity contribution in [3.05, 3.63) is 29.3 Å². The van der Waals surface area contributed by atoms with Crippen LogP contribution in [0.4, 0.5) is 5.69 Å². The second-order valence-electron chi connectivity index (χ2n) is 7.37. The summed E-state index contributed by atoms with van der Waals surface area (Å²) in [5, 5.41) is 8.37. The summed E-state index contributed by atoms with van der Waals surface area (Å²) in [6, 6.07) is 6.21. The second kappa shape index (κ2) is 6.78. The molecule has 1 aliphatic rings. The van der Waals surface area contributed by atoms with Gasteiger partial charge in [0.2, 0.25) is 0 Å². The molecule has 1 aliphatic carbocycles. The molecule has 4 heteroatoms. The first-order chi connectivity index (χ1) is 10.3. The molecule has 0 heterocycles. The maximum atomic E-state index is 5.38. The Morgan fingerprint density at radius 3 is 2.50 bits per heavy atom. The minimum Gasteiger partial charge on any atom is -0.331 e. The summed E-state index contributed by atoms with van der Waals surface area (Å²) >= 11 is 5.38. The average Bonchev–Trinajstić information content (AvgIpc) is 2.38. The summed E-state index contributed by atoms with van der Waals surface area (Å²) in [6.45, 7) is 11.1. The maximum Gasteiger partial charge on any atom is 0.191 e. The van der Waals surface area contributed by atoms with Crippen molar-refractivity contribution in [3.63, 3.8) is 0 Å². The lowest BCUT2D eigenvalue weighted by molar-refractivity contribution is 0.265. The zero-order chi connectivity index (χ0) is 16.3. The lowest BCUT2D eigenvalue weighted by Gasteiger charge is -2.34. The number of para-hydroxylation sites is 1. The zero-order valence-corrected chi connectivity index (χ0v) is 15.1. The molecule has 1 aromatic carbocycles. The fourth-order valence-corrected chi connectivity index (χ4v) is 3.63. The van der Waals surface area contributed by atoms with Gasteiger partial charge in [-0.05, 0) is 67.8 Å². The van der Waals surface area contributed by atoms with E-state index in [2.05, 4.69) is 68.7 Å². The Kier molecular flexibility index (Phi) is 5.22. The fraction of sp³-hybridized carbons (Fsp3) is 0.556. The van der Waals surface area contributed by atoms with E-state index in [4.69, 9.17) is 12.2 Å². The van der Waals surface area contributed by atoms with Crippen LogP contribution in [-0.2, 0) is 0 Å².